The van der Waals surface area contributed by atoms with Gasteiger partial charge >= 0.3 is 12.3 Å². The smallest absolute Gasteiger partial charge is 0.416 e. The third kappa shape index (κ3) is 5.47. The van der Waals surface area contributed by atoms with Crippen molar-refractivity contribution in [3.05, 3.63) is 59.3 Å². The second kappa shape index (κ2) is 7.35. The van der Waals surface area contributed by atoms with E-state index in [1.54, 1.807) is 32.9 Å². The van der Waals surface area contributed by atoms with Gasteiger partial charge in [0.1, 0.15) is 11.4 Å². The SMILES string of the molecule is Cc1ccnc(N(Cc2cccc(C(F)(F)F)c2)C(=O)OC(C)(C)C)c1. The molecule has 1 amide bonds. The number of carbonyl (C=O) groups excluding carboxylic acids is 1. The van der Waals surface area contributed by atoms with Crippen LogP contribution in [0.25, 0.3) is 0 Å². The van der Waals surface area contributed by atoms with Crippen molar-refractivity contribution in [2.45, 2.75) is 46.0 Å². The fourth-order valence-electron chi connectivity index (χ4n) is 2.25. The van der Waals surface area contributed by atoms with Gasteiger partial charge in [-0.05, 0) is 63.1 Å². The number of aromatic nitrogens is 1. The van der Waals surface area contributed by atoms with Gasteiger partial charge in [0.2, 0.25) is 0 Å². The Morgan fingerprint density at radius 3 is 2.42 bits per heavy atom. The van der Waals surface area contributed by atoms with Crippen LogP contribution in [0.4, 0.5) is 23.8 Å². The largest absolute Gasteiger partial charge is 0.443 e. The lowest BCUT2D eigenvalue weighted by Crippen LogP contribution is -2.37. The highest BCUT2D eigenvalue weighted by molar-refractivity contribution is 5.86. The fraction of sp³-hybridized carbons (Fsp3) is 0.368. The molecule has 0 atom stereocenters. The molecule has 1 heterocycles. The van der Waals surface area contributed by atoms with E-state index in [1.807, 2.05) is 6.92 Å². The van der Waals surface area contributed by atoms with E-state index >= 15 is 0 Å². The molecule has 4 nitrogen and oxygen atoms in total. The number of hydrogen-bond acceptors (Lipinski definition) is 3. The Kier molecular flexibility index (Phi) is 5.59. The monoisotopic (exact) mass is 366 g/mol. The lowest BCUT2D eigenvalue weighted by molar-refractivity contribution is -0.137. The first-order chi connectivity index (χ1) is 12.0. The molecule has 0 spiro atoms. The number of halogens is 3. The molecule has 0 aliphatic heterocycles. The van der Waals surface area contributed by atoms with Gasteiger partial charge in [-0.25, -0.2) is 9.78 Å². The molecule has 2 aromatic rings. The average molecular weight is 366 g/mol. The van der Waals surface area contributed by atoms with E-state index in [2.05, 4.69) is 4.98 Å². The van der Waals surface area contributed by atoms with Crippen LogP contribution in [0.3, 0.4) is 0 Å². The molecular weight excluding hydrogens is 345 g/mol. The molecule has 0 aliphatic carbocycles. The highest BCUT2D eigenvalue weighted by atomic mass is 19.4. The van der Waals surface area contributed by atoms with E-state index in [1.165, 1.54) is 23.2 Å². The van der Waals surface area contributed by atoms with Gasteiger partial charge in [-0.15, -0.1) is 0 Å². The Labute approximate surface area is 150 Å². The van der Waals surface area contributed by atoms with Crippen LogP contribution in [0.15, 0.2) is 42.6 Å². The fourth-order valence-corrected chi connectivity index (χ4v) is 2.25. The Bertz CT molecular complexity index is 783. The average Bonchev–Trinajstić information content (AvgIpc) is 2.50. The van der Waals surface area contributed by atoms with E-state index in [4.69, 9.17) is 4.74 Å². The van der Waals surface area contributed by atoms with Crippen molar-refractivity contribution >= 4 is 11.9 Å². The summed E-state index contributed by atoms with van der Waals surface area (Å²) in [4.78, 5) is 18.0. The number of amides is 1. The molecule has 0 N–H and O–H groups in total. The quantitative estimate of drug-likeness (QED) is 0.735. The first-order valence-corrected chi connectivity index (χ1v) is 8.05. The summed E-state index contributed by atoms with van der Waals surface area (Å²) < 4.78 is 44.2. The van der Waals surface area contributed by atoms with E-state index in [-0.39, 0.29) is 6.54 Å². The zero-order valence-corrected chi connectivity index (χ0v) is 15.1. The highest BCUT2D eigenvalue weighted by Crippen LogP contribution is 2.30. The number of ether oxygens (including phenoxy) is 1. The predicted octanol–water partition coefficient (Wildman–Crippen LogP) is 5.35. The maximum atomic E-state index is 12.9. The van der Waals surface area contributed by atoms with Gasteiger partial charge in [-0.1, -0.05) is 12.1 Å². The van der Waals surface area contributed by atoms with Crippen molar-refractivity contribution in [1.29, 1.82) is 0 Å². The summed E-state index contributed by atoms with van der Waals surface area (Å²) >= 11 is 0. The Morgan fingerprint density at radius 1 is 1.15 bits per heavy atom. The zero-order chi connectivity index (χ0) is 19.5. The summed E-state index contributed by atoms with van der Waals surface area (Å²) in [6.07, 6.45) is -3.59. The van der Waals surface area contributed by atoms with Crippen molar-refractivity contribution in [2.24, 2.45) is 0 Å². The van der Waals surface area contributed by atoms with E-state index < -0.39 is 23.4 Å². The summed E-state index contributed by atoms with van der Waals surface area (Å²) in [5.74, 6) is 0.316. The molecule has 140 valence electrons. The van der Waals surface area contributed by atoms with Crippen LogP contribution in [0.1, 0.15) is 37.5 Å². The number of anilines is 1. The maximum absolute atomic E-state index is 12.9. The number of nitrogens with zero attached hydrogens (tertiary/aromatic N) is 2. The van der Waals surface area contributed by atoms with Gasteiger partial charge in [-0.2, -0.15) is 13.2 Å². The number of hydrogen-bond donors (Lipinski definition) is 0. The van der Waals surface area contributed by atoms with Crippen molar-refractivity contribution < 1.29 is 22.7 Å². The normalized spacial score (nSPS) is 12.0. The van der Waals surface area contributed by atoms with Crippen molar-refractivity contribution in [3.63, 3.8) is 0 Å². The minimum Gasteiger partial charge on any atom is -0.443 e. The molecule has 0 unspecified atom stereocenters. The van der Waals surface area contributed by atoms with Gasteiger partial charge in [-0.3, -0.25) is 4.90 Å². The summed E-state index contributed by atoms with van der Waals surface area (Å²) in [7, 11) is 0. The first-order valence-electron chi connectivity index (χ1n) is 8.05. The number of pyridine rings is 1. The lowest BCUT2D eigenvalue weighted by Gasteiger charge is -2.27. The Hall–Kier alpha value is -2.57. The molecule has 26 heavy (non-hydrogen) atoms. The van der Waals surface area contributed by atoms with Crippen LogP contribution in [-0.4, -0.2) is 16.7 Å². The number of alkyl halides is 3. The Morgan fingerprint density at radius 2 is 1.85 bits per heavy atom. The lowest BCUT2D eigenvalue weighted by atomic mass is 10.1. The molecule has 0 saturated carbocycles. The van der Waals surface area contributed by atoms with Gasteiger partial charge in [0.25, 0.3) is 0 Å². The molecule has 1 aromatic heterocycles. The molecule has 2 rings (SSSR count). The van der Waals surface area contributed by atoms with Crippen molar-refractivity contribution in [3.8, 4) is 0 Å². The van der Waals surface area contributed by atoms with Gasteiger partial charge in [0.05, 0.1) is 12.1 Å². The summed E-state index contributed by atoms with van der Waals surface area (Å²) in [6.45, 7) is 6.91. The third-order valence-electron chi connectivity index (χ3n) is 3.39. The van der Waals surface area contributed by atoms with Crippen LogP contribution in [0.2, 0.25) is 0 Å². The van der Waals surface area contributed by atoms with E-state index in [9.17, 15) is 18.0 Å². The topological polar surface area (TPSA) is 42.4 Å². The summed E-state index contributed by atoms with van der Waals surface area (Å²) in [6, 6.07) is 8.30. The minimum atomic E-state index is -4.45. The molecule has 0 saturated heterocycles. The molecule has 0 aliphatic rings. The third-order valence-corrected chi connectivity index (χ3v) is 3.39. The van der Waals surface area contributed by atoms with Crippen molar-refractivity contribution in [1.82, 2.24) is 4.98 Å². The highest BCUT2D eigenvalue weighted by Gasteiger charge is 2.31. The predicted molar refractivity (Wildman–Crippen MR) is 92.8 cm³/mol. The molecular formula is C19H21F3N2O2. The van der Waals surface area contributed by atoms with Gasteiger partial charge in [0, 0.05) is 6.20 Å². The van der Waals surface area contributed by atoms with Crippen LogP contribution in [0.5, 0.6) is 0 Å². The van der Waals surface area contributed by atoms with Crippen LogP contribution >= 0.6 is 0 Å². The molecule has 1 aromatic carbocycles. The van der Waals surface area contributed by atoms with E-state index in [0.717, 1.165) is 17.7 Å². The summed E-state index contributed by atoms with van der Waals surface area (Å²) in [5.41, 5.74) is -0.314. The molecule has 7 heteroatoms. The number of carbonyl (C=O) groups is 1. The summed E-state index contributed by atoms with van der Waals surface area (Å²) in [5, 5.41) is 0. The first kappa shape index (κ1) is 19.8. The molecule has 0 fully saturated rings. The minimum absolute atomic E-state index is 0.0880. The van der Waals surface area contributed by atoms with Crippen LogP contribution < -0.4 is 4.90 Å². The van der Waals surface area contributed by atoms with Crippen molar-refractivity contribution in [2.75, 3.05) is 4.90 Å². The Balaban J connectivity index is 2.37. The van der Waals surface area contributed by atoms with E-state index in [0.29, 0.717) is 11.4 Å². The van der Waals surface area contributed by atoms with Gasteiger partial charge in [0.15, 0.2) is 0 Å². The standard InChI is InChI=1S/C19H21F3N2O2/c1-13-8-9-23-16(10-13)24(17(25)26-18(2,3)4)12-14-6-5-7-15(11-14)19(20,21)22/h5-11H,12H2,1-4H3. The maximum Gasteiger partial charge on any atom is 0.416 e. The molecule has 0 radical (unpaired) electrons. The van der Waals surface area contributed by atoms with Gasteiger partial charge < -0.3 is 4.74 Å². The molecule has 0 bridgehead atoms. The second-order valence-corrected chi connectivity index (χ2v) is 6.96. The van der Waals surface area contributed by atoms with Crippen LogP contribution in [0, 0.1) is 6.92 Å². The number of rotatable bonds is 3. The number of aryl methyl sites for hydroxylation is 1. The van der Waals surface area contributed by atoms with Crippen LogP contribution in [-0.2, 0) is 17.5 Å². The number of benzene rings is 1. The zero-order valence-electron chi connectivity index (χ0n) is 15.1. The second-order valence-electron chi connectivity index (χ2n) is 6.96.